The van der Waals surface area contributed by atoms with Crippen LogP contribution in [0.15, 0.2) is 12.1 Å². The molecule has 5 heterocycles. The average Bonchev–Trinajstić information content (AvgIpc) is 3.57. The lowest BCUT2D eigenvalue weighted by Gasteiger charge is -2.42. The SMILES string of the molecule is Cc1ccc2n[nH]c(C)c2c1-c1nc2c(c(N3CC[C@H]3C)n1)CN(c1c(Cl)c(C3CC3)nn1C)CC2. The first kappa shape index (κ1) is 22.1. The quantitative estimate of drug-likeness (QED) is 0.420. The molecule has 186 valence electrons. The van der Waals surface area contributed by atoms with Crippen LogP contribution in [0.2, 0.25) is 5.02 Å². The number of halogens is 1. The van der Waals surface area contributed by atoms with E-state index in [1.54, 1.807) is 0 Å². The molecule has 36 heavy (non-hydrogen) atoms. The van der Waals surface area contributed by atoms with E-state index in [0.29, 0.717) is 12.0 Å². The highest BCUT2D eigenvalue weighted by Crippen LogP contribution is 2.46. The van der Waals surface area contributed by atoms with Gasteiger partial charge in [-0.05, 0) is 51.7 Å². The molecule has 3 aliphatic rings. The number of aryl methyl sites for hydroxylation is 3. The monoisotopic (exact) mass is 502 g/mol. The molecule has 2 aliphatic heterocycles. The highest BCUT2D eigenvalue weighted by atomic mass is 35.5. The summed E-state index contributed by atoms with van der Waals surface area (Å²) >= 11 is 6.90. The molecule has 9 heteroatoms. The van der Waals surface area contributed by atoms with Crippen molar-refractivity contribution in [3.8, 4) is 11.4 Å². The number of fused-ring (bicyclic) bond motifs is 2. The number of aromatic nitrogens is 6. The number of hydrogen-bond donors (Lipinski definition) is 1. The first-order chi connectivity index (χ1) is 17.4. The molecule has 1 aliphatic carbocycles. The van der Waals surface area contributed by atoms with Gasteiger partial charge in [0.2, 0.25) is 0 Å². The minimum atomic E-state index is 0.474. The fraction of sp³-hybridized carbons (Fsp3) is 0.481. The van der Waals surface area contributed by atoms with Gasteiger partial charge in [0.15, 0.2) is 5.82 Å². The second-order valence-electron chi connectivity index (χ2n) is 10.7. The predicted molar refractivity (Wildman–Crippen MR) is 143 cm³/mol. The zero-order chi connectivity index (χ0) is 24.7. The van der Waals surface area contributed by atoms with Gasteiger partial charge >= 0.3 is 0 Å². The minimum Gasteiger partial charge on any atom is -0.353 e. The fourth-order valence-corrected chi connectivity index (χ4v) is 6.32. The number of aromatic amines is 1. The van der Waals surface area contributed by atoms with Crippen molar-refractivity contribution in [3.63, 3.8) is 0 Å². The van der Waals surface area contributed by atoms with Crippen LogP contribution in [0.25, 0.3) is 22.3 Å². The van der Waals surface area contributed by atoms with E-state index in [1.165, 1.54) is 30.4 Å². The molecule has 0 amide bonds. The number of anilines is 2. The van der Waals surface area contributed by atoms with Gasteiger partial charge in [-0.2, -0.15) is 10.2 Å². The third-order valence-electron chi connectivity index (χ3n) is 8.21. The summed E-state index contributed by atoms with van der Waals surface area (Å²) in [5.74, 6) is 3.41. The van der Waals surface area contributed by atoms with Crippen molar-refractivity contribution in [2.24, 2.45) is 7.05 Å². The normalized spacial score (nSPS) is 19.6. The van der Waals surface area contributed by atoms with E-state index in [9.17, 15) is 0 Å². The molecule has 8 nitrogen and oxygen atoms in total. The summed E-state index contributed by atoms with van der Waals surface area (Å²) in [7, 11) is 2.01. The zero-order valence-electron chi connectivity index (χ0n) is 21.3. The molecule has 4 aromatic rings. The molecule has 1 N–H and O–H groups in total. The zero-order valence-corrected chi connectivity index (χ0v) is 22.0. The fourth-order valence-electron chi connectivity index (χ4n) is 5.89. The van der Waals surface area contributed by atoms with E-state index in [2.05, 4.69) is 52.9 Å². The summed E-state index contributed by atoms with van der Waals surface area (Å²) in [6, 6.07) is 4.66. The Bertz CT molecular complexity index is 1510. The highest BCUT2D eigenvalue weighted by molar-refractivity contribution is 6.33. The molecular formula is C27H31ClN8. The third kappa shape index (κ3) is 3.26. The van der Waals surface area contributed by atoms with Gasteiger partial charge in [0, 0.05) is 67.3 Å². The van der Waals surface area contributed by atoms with Crippen LogP contribution in [0.4, 0.5) is 11.6 Å². The second kappa shape index (κ2) is 7.93. The molecule has 0 radical (unpaired) electrons. The van der Waals surface area contributed by atoms with Crippen molar-refractivity contribution in [1.29, 1.82) is 0 Å². The number of hydrogen-bond acceptors (Lipinski definition) is 6. The number of nitrogens with zero attached hydrogens (tertiary/aromatic N) is 7. The molecule has 3 aromatic heterocycles. The van der Waals surface area contributed by atoms with E-state index in [0.717, 1.165) is 82.1 Å². The Hall–Kier alpha value is -3.13. The van der Waals surface area contributed by atoms with Gasteiger partial charge in [0.25, 0.3) is 0 Å². The van der Waals surface area contributed by atoms with Gasteiger partial charge < -0.3 is 9.80 Å². The maximum atomic E-state index is 6.90. The largest absolute Gasteiger partial charge is 0.353 e. The average molecular weight is 503 g/mol. The van der Waals surface area contributed by atoms with Crippen LogP contribution in [0.5, 0.6) is 0 Å². The summed E-state index contributed by atoms with van der Waals surface area (Å²) < 4.78 is 1.97. The van der Waals surface area contributed by atoms with Crippen molar-refractivity contribution in [2.75, 3.05) is 22.9 Å². The van der Waals surface area contributed by atoms with Crippen LogP contribution >= 0.6 is 11.6 Å². The molecular weight excluding hydrogens is 472 g/mol. The van der Waals surface area contributed by atoms with Gasteiger partial charge in [-0.15, -0.1) is 0 Å². The topological polar surface area (TPSA) is 78.8 Å². The van der Waals surface area contributed by atoms with Gasteiger partial charge in [0.05, 0.1) is 16.9 Å². The van der Waals surface area contributed by atoms with E-state index >= 15 is 0 Å². The Labute approximate surface area is 215 Å². The summed E-state index contributed by atoms with van der Waals surface area (Å²) in [5, 5.41) is 14.4. The molecule has 1 aromatic carbocycles. The van der Waals surface area contributed by atoms with Crippen LogP contribution in [-0.2, 0) is 20.0 Å². The molecule has 0 spiro atoms. The first-order valence-corrected chi connectivity index (χ1v) is 13.4. The van der Waals surface area contributed by atoms with Crippen molar-refractivity contribution in [2.45, 2.75) is 65.0 Å². The Balaban J connectivity index is 1.35. The van der Waals surface area contributed by atoms with Crippen molar-refractivity contribution < 1.29 is 0 Å². The smallest absolute Gasteiger partial charge is 0.162 e. The maximum Gasteiger partial charge on any atom is 0.162 e. The van der Waals surface area contributed by atoms with Crippen LogP contribution in [-0.4, -0.2) is 49.1 Å². The molecule has 7 rings (SSSR count). The first-order valence-electron chi connectivity index (χ1n) is 13.0. The van der Waals surface area contributed by atoms with E-state index < -0.39 is 0 Å². The maximum absolute atomic E-state index is 6.90. The lowest BCUT2D eigenvalue weighted by Crippen LogP contribution is -2.47. The molecule has 0 unspecified atom stereocenters. The lowest BCUT2D eigenvalue weighted by atomic mass is 9.98. The Kier molecular flexibility index (Phi) is 4.87. The van der Waals surface area contributed by atoms with Gasteiger partial charge in [0.1, 0.15) is 16.7 Å². The summed E-state index contributed by atoms with van der Waals surface area (Å²) in [6.45, 7) is 9.11. The summed E-state index contributed by atoms with van der Waals surface area (Å²) in [4.78, 5) is 15.3. The number of benzene rings is 1. The Morgan fingerprint density at radius 1 is 1.08 bits per heavy atom. The molecule has 1 saturated carbocycles. The van der Waals surface area contributed by atoms with Crippen molar-refractivity contribution in [3.05, 3.63) is 45.4 Å². The summed E-state index contributed by atoms with van der Waals surface area (Å²) in [5.41, 5.74) is 7.67. The third-order valence-corrected chi connectivity index (χ3v) is 8.58. The second-order valence-corrected chi connectivity index (χ2v) is 11.1. The van der Waals surface area contributed by atoms with Gasteiger partial charge in [-0.1, -0.05) is 17.7 Å². The van der Waals surface area contributed by atoms with Crippen LogP contribution in [0, 0.1) is 13.8 Å². The summed E-state index contributed by atoms with van der Waals surface area (Å²) in [6.07, 6.45) is 4.41. The minimum absolute atomic E-state index is 0.474. The lowest BCUT2D eigenvalue weighted by molar-refractivity contribution is 0.472. The van der Waals surface area contributed by atoms with E-state index in [1.807, 2.05) is 11.7 Å². The van der Waals surface area contributed by atoms with Crippen LogP contribution in [0.1, 0.15) is 60.3 Å². The van der Waals surface area contributed by atoms with Crippen LogP contribution < -0.4 is 9.80 Å². The Morgan fingerprint density at radius 2 is 1.92 bits per heavy atom. The standard InChI is InChI=1S/C27H31ClN8/c1-14-5-8-20-22(16(3)31-32-20)21(14)25-29-19-10-11-35(13-18(19)26(30-25)36-12-9-15(36)2)27-23(28)24(17-6-7-17)33-34(27)4/h5,8,15,17H,6-7,9-13H2,1-4H3,(H,31,32)/t15-/m1/s1. The van der Waals surface area contributed by atoms with Gasteiger partial charge in [-0.3, -0.25) is 9.78 Å². The number of rotatable bonds is 4. The van der Waals surface area contributed by atoms with Gasteiger partial charge in [-0.25, -0.2) is 9.97 Å². The molecule has 1 atom stereocenters. The highest BCUT2D eigenvalue weighted by Gasteiger charge is 2.36. The molecule has 1 saturated heterocycles. The van der Waals surface area contributed by atoms with Crippen LogP contribution in [0.3, 0.4) is 0 Å². The van der Waals surface area contributed by atoms with E-state index in [4.69, 9.17) is 26.7 Å². The molecule has 2 fully saturated rings. The Morgan fingerprint density at radius 3 is 2.64 bits per heavy atom. The van der Waals surface area contributed by atoms with E-state index in [-0.39, 0.29) is 0 Å². The number of H-pyrrole nitrogens is 1. The van der Waals surface area contributed by atoms with Crippen molar-refractivity contribution in [1.82, 2.24) is 29.9 Å². The predicted octanol–water partition coefficient (Wildman–Crippen LogP) is 5.06. The number of nitrogens with one attached hydrogen (secondary N) is 1. The molecule has 0 bridgehead atoms. The van der Waals surface area contributed by atoms with Crippen molar-refractivity contribution >= 4 is 34.1 Å².